The van der Waals surface area contributed by atoms with Crippen molar-refractivity contribution in [2.45, 2.75) is 25.0 Å². The smallest absolute Gasteiger partial charge is 0.237 e. The van der Waals surface area contributed by atoms with Crippen LogP contribution >= 0.6 is 0 Å². The Kier molecular flexibility index (Phi) is 5.67. The van der Waals surface area contributed by atoms with Gasteiger partial charge in [-0.15, -0.1) is 0 Å². The number of halogens is 1. The molecule has 0 radical (unpaired) electrons. The van der Waals surface area contributed by atoms with E-state index in [1.807, 2.05) is 0 Å². The second kappa shape index (κ2) is 7.49. The fourth-order valence-corrected chi connectivity index (χ4v) is 2.41. The molecule has 1 saturated heterocycles. The lowest BCUT2D eigenvalue weighted by atomic mass is 9.92. The molecule has 5 nitrogen and oxygen atoms in total. The Balaban J connectivity index is 1.81. The molecule has 0 aliphatic carbocycles. The monoisotopic (exact) mass is 296 g/mol. The number of ether oxygens (including phenoxy) is 1. The topological polar surface area (TPSA) is 84.6 Å². The van der Waals surface area contributed by atoms with Crippen LogP contribution in [0.15, 0.2) is 24.3 Å². The van der Waals surface area contributed by atoms with Crippen LogP contribution in [0.5, 0.6) is 0 Å². The molecule has 1 aromatic carbocycles. The molecular weight excluding hydrogens is 275 g/mol. The molecule has 1 amide bonds. The van der Waals surface area contributed by atoms with E-state index >= 15 is 0 Å². The lowest BCUT2D eigenvalue weighted by Crippen LogP contribution is -2.47. The summed E-state index contributed by atoms with van der Waals surface area (Å²) in [5.74, 6) is -0.527. The van der Waals surface area contributed by atoms with Crippen molar-refractivity contribution in [2.75, 3.05) is 19.8 Å². The highest BCUT2D eigenvalue weighted by Gasteiger charge is 2.26. The van der Waals surface area contributed by atoms with Gasteiger partial charge in [0.1, 0.15) is 5.82 Å². The predicted molar refractivity (Wildman–Crippen MR) is 75.9 cm³/mol. The molecule has 0 bridgehead atoms. The number of rotatable bonds is 5. The van der Waals surface area contributed by atoms with Gasteiger partial charge in [0.25, 0.3) is 0 Å². The molecule has 1 aliphatic heterocycles. The first-order valence-corrected chi connectivity index (χ1v) is 7.12. The first-order chi connectivity index (χ1) is 10.1. The summed E-state index contributed by atoms with van der Waals surface area (Å²) < 4.78 is 18.0. The van der Waals surface area contributed by atoms with E-state index in [0.29, 0.717) is 18.8 Å². The maximum absolute atomic E-state index is 12.8. The molecule has 2 rings (SSSR count). The predicted octanol–water partition coefficient (Wildman–Crippen LogP) is 0.729. The zero-order valence-corrected chi connectivity index (χ0v) is 11.8. The first-order valence-electron chi connectivity index (χ1n) is 7.12. The zero-order valence-electron chi connectivity index (χ0n) is 11.8. The number of carbonyl (C=O) groups is 1. The number of carbonyl (C=O) groups excluding carboxylic acids is 1. The van der Waals surface area contributed by atoms with Gasteiger partial charge in [0.2, 0.25) is 5.91 Å². The third-order valence-electron chi connectivity index (χ3n) is 3.80. The Morgan fingerprint density at radius 1 is 1.38 bits per heavy atom. The fraction of sp³-hybridized carbons (Fsp3) is 0.533. The number of nitrogens with one attached hydrogen (secondary N) is 1. The van der Waals surface area contributed by atoms with Gasteiger partial charge in [0.15, 0.2) is 0 Å². The molecule has 0 aromatic heterocycles. The summed E-state index contributed by atoms with van der Waals surface area (Å²) in [6.45, 7) is 1.31. The van der Waals surface area contributed by atoms with Crippen LogP contribution in [0.3, 0.4) is 0 Å². The average molecular weight is 296 g/mol. The van der Waals surface area contributed by atoms with Gasteiger partial charge in [-0.05, 0) is 36.5 Å². The summed E-state index contributed by atoms with van der Waals surface area (Å²) in [4.78, 5) is 12.0. The number of aliphatic hydroxyl groups is 1. The van der Waals surface area contributed by atoms with Gasteiger partial charge in [0, 0.05) is 19.8 Å². The Hall–Kier alpha value is -1.50. The van der Waals surface area contributed by atoms with Crippen molar-refractivity contribution in [3.8, 4) is 0 Å². The molecule has 0 spiro atoms. The molecule has 116 valence electrons. The minimum absolute atomic E-state index is 0.0569. The van der Waals surface area contributed by atoms with Gasteiger partial charge < -0.3 is 20.9 Å². The summed E-state index contributed by atoms with van der Waals surface area (Å²) >= 11 is 0. The van der Waals surface area contributed by atoms with Crippen LogP contribution in [0.4, 0.5) is 4.39 Å². The maximum atomic E-state index is 12.8. The second-order valence-corrected chi connectivity index (χ2v) is 5.29. The molecule has 1 heterocycles. The van der Waals surface area contributed by atoms with E-state index in [0.717, 1.165) is 12.8 Å². The molecule has 2 unspecified atom stereocenters. The van der Waals surface area contributed by atoms with Crippen LogP contribution in [0.2, 0.25) is 0 Å². The van der Waals surface area contributed by atoms with Gasteiger partial charge in [-0.25, -0.2) is 4.39 Å². The van der Waals surface area contributed by atoms with Crippen LogP contribution in [0.1, 0.15) is 24.5 Å². The Bertz CT molecular complexity index is 460. The van der Waals surface area contributed by atoms with Crippen molar-refractivity contribution in [2.24, 2.45) is 11.7 Å². The van der Waals surface area contributed by atoms with E-state index in [4.69, 9.17) is 10.5 Å². The van der Waals surface area contributed by atoms with Crippen molar-refractivity contribution in [1.29, 1.82) is 0 Å². The zero-order chi connectivity index (χ0) is 15.2. The lowest BCUT2D eigenvalue weighted by molar-refractivity contribution is -0.124. The molecule has 1 fully saturated rings. The normalized spacial score (nSPS) is 19.0. The largest absolute Gasteiger partial charge is 0.387 e. The summed E-state index contributed by atoms with van der Waals surface area (Å²) in [6.07, 6.45) is 0.668. The van der Waals surface area contributed by atoms with Gasteiger partial charge in [-0.3, -0.25) is 4.79 Å². The Morgan fingerprint density at radius 3 is 2.62 bits per heavy atom. The quantitative estimate of drug-likeness (QED) is 0.748. The van der Waals surface area contributed by atoms with Crippen LogP contribution in [-0.2, 0) is 9.53 Å². The number of aliphatic hydroxyl groups excluding tert-OH is 1. The maximum Gasteiger partial charge on any atom is 0.237 e. The van der Waals surface area contributed by atoms with Crippen LogP contribution in [0, 0.1) is 11.7 Å². The second-order valence-electron chi connectivity index (χ2n) is 5.29. The number of benzene rings is 1. The van der Waals surface area contributed by atoms with E-state index < -0.39 is 12.1 Å². The van der Waals surface area contributed by atoms with Crippen LogP contribution < -0.4 is 11.1 Å². The van der Waals surface area contributed by atoms with E-state index in [1.165, 1.54) is 24.3 Å². The van der Waals surface area contributed by atoms with E-state index in [2.05, 4.69) is 5.32 Å². The number of amides is 1. The Morgan fingerprint density at radius 2 is 2.00 bits per heavy atom. The van der Waals surface area contributed by atoms with Gasteiger partial charge in [-0.2, -0.15) is 0 Å². The van der Waals surface area contributed by atoms with Crippen LogP contribution in [-0.4, -0.2) is 36.8 Å². The summed E-state index contributed by atoms with van der Waals surface area (Å²) in [5.41, 5.74) is 6.49. The lowest BCUT2D eigenvalue weighted by Gasteiger charge is -2.27. The van der Waals surface area contributed by atoms with Crippen molar-refractivity contribution >= 4 is 5.91 Å². The van der Waals surface area contributed by atoms with E-state index in [-0.39, 0.29) is 24.2 Å². The number of nitrogens with two attached hydrogens (primary N) is 1. The third-order valence-corrected chi connectivity index (χ3v) is 3.80. The minimum Gasteiger partial charge on any atom is -0.387 e. The molecular formula is C15H21FN2O3. The fourth-order valence-electron chi connectivity index (χ4n) is 2.41. The summed E-state index contributed by atoms with van der Waals surface area (Å²) in [6, 6.07) is 4.94. The molecule has 6 heteroatoms. The molecule has 2 atom stereocenters. The molecule has 1 aliphatic rings. The Labute approximate surface area is 123 Å². The van der Waals surface area contributed by atoms with Crippen molar-refractivity contribution in [3.63, 3.8) is 0 Å². The van der Waals surface area contributed by atoms with Gasteiger partial charge in [-0.1, -0.05) is 12.1 Å². The third kappa shape index (κ3) is 4.49. The highest BCUT2D eigenvalue weighted by atomic mass is 19.1. The molecule has 4 N–H and O–H groups in total. The standard InChI is InChI=1S/C15H21FN2O3/c16-12-3-1-10(2-4-12)13(19)9-18-15(20)14(17)11-5-7-21-8-6-11/h1-4,11,13-14,19H,5-9,17H2,(H,18,20). The summed E-state index contributed by atoms with van der Waals surface area (Å²) in [5, 5.41) is 12.6. The highest BCUT2D eigenvalue weighted by molar-refractivity contribution is 5.81. The van der Waals surface area contributed by atoms with Crippen molar-refractivity contribution < 1.29 is 19.0 Å². The number of hydrogen-bond donors (Lipinski definition) is 3. The van der Waals surface area contributed by atoms with Crippen LogP contribution in [0.25, 0.3) is 0 Å². The molecule has 0 saturated carbocycles. The molecule has 1 aromatic rings. The first kappa shape index (κ1) is 15.9. The van der Waals surface area contributed by atoms with E-state index in [1.54, 1.807) is 0 Å². The van der Waals surface area contributed by atoms with Gasteiger partial charge in [0.05, 0.1) is 12.1 Å². The SMILES string of the molecule is NC(C(=O)NCC(O)c1ccc(F)cc1)C1CCOCC1. The minimum atomic E-state index is -0.878. The van der Waals surface area contributed by atoms with E-state index in [9.17, 15) is 14.3 Å². The number of hydrogen-bond acceptors (Lipinski definition) is 4. The van der Waals surface area contributed by atoms with Crippen molar-refractivity contribution in [3.05, 3.63) is 35.6 Å². The average Bonchev–Trinajstić information content (AvgIpc) is 2.53. The molecule has 21 heavy (non-hydrogen) atoms. The highest BCUT2D eigenvalue weighted by Crippen LogP contribution is 2.18. The van der Waals surface area contributed by atoms with Gasteiger partial charge >= 0.3 is 0 Å². The van der Waals surface area contributed by atoms with Crippen molar-refractivity contribution in [1.82, 2.24) is 5.32 Å². The summed E-state index contributed by atoms with van der Waals surface area (Å²) in [7, 11) is 0.